The van der Waals surface area contributed by atoms with Gasteiger partial charge in [-0.15, -0.1) is 0 Å². The summed E-state index contributed by atoms with van der Waals surface area (Å²) in [4.78, 5) is 23.1. The van der Waals surface area contributed by atoms with Gasteiger partial charge in [-0.1, -0.05) is 0 Å². The third kappa shape index (κ3) is 0.645. The monoisotopic (exact) mass is 192 g/mol. The number of carbonyl (C=O) groups is 2. The van der Waals surface area contributed by atoms with Gasteiger partial charge in [0.05, 0.1) is 11.8 Å². The van der Waals surface area contributed by atoms with E-state index in [1.165, 1.54) is 6.42 Å². The summed E-state index contributed by atoms with van der Waals surface area (Å²) in [6.07, 6.45) is 3.56. The van der Waals surface area contributed by atoms with Crippen molar-refractivity contribution in [2.24, 2.45) is 35.5 Å². The molecule has 5 aliphatic rings. The number of rotatable bonds is 0. The van der Waals surface area contributed by atoms with E-state index in [-0.39, 0.29) is 23.8 Å². The maximum Gasteiger partial charge on any atom is 0.317 e. The third-order valence-corrected chi connectivity index (χ3v) is 4.88. The molecule has 74 valence electrons. The number of hydrogen-bond donors (Lipinski definition) is 0. The Morgan fingerprint density at radius 2 is 1.36 bits per heavy atom. The van der Waals surface area contributed by atoms with Crippen molar-refractivity contribution in [2.45, 2.75) is 19.3 Å². The molecule has 6 atom stereocenters. The second-order valence-electron chi connectivity index (χ2n) is 5.26. The Kier molecular flexibility index (Phi) is 1.09. The standard InChI is InChI=1S/C11H12O3/c12-10-8-4-1-2-5(7-3-6(4)7)9(8)11(13)14-10/h4-9H,1-3H2/t4-,5+,6-,7+,8-,9+. The molecular weight excluding hydrogens is 180 g/mol. The van der Waals surface area contributed by atoms with E-state index in [1.807, 2.05) is 0 Å². The molecule has 0 aromatic heterocycles. The highest BCUT2D eigenvalue weighted by Gasteiger charge is 2.67. The zero-order chi connectivity index (χ0) is 9.45. The van der Waals surface area contributed by atoms with Gasteiger partial charge in [-0.3, -0.25) is 9.59 Å². The molecular formula is C11H12O3. The summed E-state index contributed by atoms with van der Waals surface area (Å²) >= 11 is 0. The molecule has 4 aliphatic carbocycles. The highest BCUT2D eigenvalue weighted by molar-refractivity contribution is 5.97. The van der Waals surface area contributed by atoms with Gasteiger partial charge in [0.1, 0.15) is 0 Å². The molecule has 14 heavy (non-hydrogen) atoms. The first-order chi connectivity index (χ1) is 6.77. The van der Waals surface area contributed by atoms with E-state index < -0.39 is 0 Å². The second kappa shape index (κ2) is 2.05. The number of esters is 2. The Morgan fingerprint density at radius 1 is 0.857 bits per heavy atom. The van der Waals surface area contributed by atoms with Gasteiger partial charge in [-0.05, 0) is 42.9 Å². The highest BCUT2D eigenvalue weighted by Crippen LogP contribution is 2.67. The van der Waals surface area contributed by atoms with Crippen LogP contribution in [0, 0.1) is 35.5 Å². The molecule has 1 heterocycles. The SMILES string of the molecule is O=C1OC(=O)[C@H]2[C@H]3CC[C@H]([C@H]4C[C@H]43)[C@@H]12. The Morgan fingerprint density at radius 3 is 1.86 bits per heavy atom. The molecule has 2 bridgehead atoms. The maximum atomic E-state index is 11.5. The molecule has 0 radical (unpaired) electrons. The summed E-state index contributed by atoms with van der Waals surface area (Å²) in [6.45, 7) is 0. The topological polar surface area (TPSA) is 43.4 Å². The molecule has 1 saturated heterocycles. The van der Waals surface area contributed by atoms with Crippen molar-refractivity contribution >= 4 is 11.9 Å². The molecule has 0 unspecified atom stereocenters. The molecule has 0 aromatic carbocycles. The Balaban J connectivity index is 1.83. The summed E-state index contributed by atoms with van der Waals surface area (Å²) in [5.41, 5.74) is 0. The molecule has 5 fully saturated rings. The van der Waals surface area contributed by atoms with E-state index in [0.717, 1.165) is 24.7 Å². The molecule has 3 heteroatoms. The number of carbonyl (C=O) groups excluding carboxylic acids is 2. The minimum Gasteiger partial charge on any atom is -0.393 e. The van der Waals surface area contributed by atoms with Crippen LogP contribution in [0.5, 0.6) is 0 Å². The van der Waals surface area contributed by atoms with Crippen LogP contribution in [0.3, 0.4) is 0 Å². The molecule has 3 nitrogen and oxygen atoms in total. The average molecular weight is 192 g/mol. The fraction of sp³-hybridized carbons (Fsp3) is 0.818. The van der Waals surface area contributed by atoms with Gasteiger partial charge in [0.15, 0.2) is 0 Å². The van der Waals surface area contributed by atoms with Crippen molar-refractivity contribution in [3.63, 3.8) is 0 Å². The molecule has 0 amide bonds. The predicted octanol–water partition coefficient (Wildman–Crippen LogP) is 0.978. The van der Waals surface area contributed by atoms with Crippen LogP contribution in [0.4, 0.5) is 0 Å². The van der Waals surface area contributed by atoms with Crippen LogP contribution >= 0.6 is 0 Å². The van der Waals surface area contributed by atoms with Crippen molar-refractivity contribution in [2.75, 3.05) is 0 Å². The van der Waals surface area contributed by atoms with E-state index >= 15 is 0 Å². The highest BCUT2D eigenvalue weighted by atomic mass is 16.6. The summed E-state index contributed by atoms with van der Waals surface area (Å²) in [7, 11) is 0. The van der Waals surface area contributed by atoms with E-state index in [0.29, 0.717) is 11.8 Å². The largest absolute Gasteiger partial charge is 0.393 e. The van der Waals surface area contributed by atoms with Gasteiger partial charge in [-0.2, -0.15) is 0 Å². The van der Waals surface area contributed by atoms with Gasteiger partial charge in [0.25, 0.3) is 0 Å². The average Bonchev–Trinajstić information content (AvgIpc) is 2.92. The number of hydrogen-bond acceptors (Lipinski definition) is 3. The van der Waals surface area contributed by atoms with Crippen molar-refractivity contribution < 1.29 is 14.3 Å². The number of fused-ring (bicyclic) bond motifs is 1. The van der Waals surface area contributed by atoms with Crippen molar-refractivity contribution in [3.05, 3.63) is 0 Å². The second-order valence-corrected chi connectivity index (χ2v) is 5.26. The van der Waals surface area contributed by atoms with E-state index in [1.54, 1.807) is 0 Å². The lowest BCUT2D eigenvalue weighted by Crippen LogP contribution is -2.43. The number of ether oxygens (including phenoxy) is 1. The number of cyclic esters (lactones) is 2. The first-order valence-electron chi connectivity index (χ1n) is 5.53. The van der Waals surface area contributed by atoms with E-state index in [9.17, 15) is 9.59 Å². The van der Waals surface area contributed by atoms with Crippen LogP contribution in [0.15, 0.2) is 0 Å². The van der Waals surface area contributed by atoms with Gasteiger partial charge in [-0.25, -0.2) is 0 Å². The van der Waals surface area contributed by atoms with Crippen LogP contribution in [0.2, 0.25) is 0 Å². The summed E-state index contributed by atoms with van der Waals surface area (Å²) in [6, 6.07) is 0. The fourth-order valence-electron chi connectivity index (χ4n) is 4.34. The molecule has 5 rings (SSSR count). The molecule has 0 spiro atoms. The summed E-state index contributed by atoms with van der Waals surface area (Å²) in [5, 5.41) is 0. The molecule has 0 N–H and O–H groups in total. The van der Waals surface area contributed by atoms with Crippen molar-refractivity contribution in [1.29, 1.82) is 0 Å². The van der Waals surface area contributed by atoms with Crippen LogP contribution < -0.4 is 0 Å². The first kappa shape index (κ1) is 7.43. The van der Waals surface area contributed by atoms with Gasteiger partial charge < -0.3 is 4.74 Å². The molecule has 4 saturated carbocycles. The van der Waals surface area contributed by atoms with E-state index in [4.69, 9.17) is 4.74 Å². The lowest BCUT2D eigenvalue weighted by molar-refractivity contribution is -0.154. The van der Waals surface area contributed by atoms with Crippen molar-refractivity contribution in [1.82, 2.24) is 0 Å². The van der Waals surface area contributed by atoms with Gasteiger partial charge >= 0.3 is 11.9 Å². The van der Waals surface area contributed by atoms with Crippen LogP contribution in [-0.4, -0.2) is 11.9 Å². The van der Waals surface area contributed by atoms with Crippen LogP contribution in [0.25, 0.3) is 0 Å². The predicted molar refractivity (Wildman–Crippen MR) is 45.9 cm³/mol. The Labute approximate surface area is 81.8 Å². The summed E-state index contributed by atoms with van der Waals surface area (Å²) < 4.78 is 4.78. The smallest absolute Gasteiger partial charge is 0.317 e. The Bertz CT molecular complexity index is 316. The van der Waals surface area contributed by atoms with Crippen molar-refractivity contribution in [3.8, 4) is 0 Å². The normalized spacial score (nSPS) is 58.0. The molecule has 0 aromatic rings. The lowest BCUT2D eigenvalue weighted by atomic mass is 9.59. The maximum absolute atomic E-state index is 11.5. The summed E-state index contributed by atoms with van der Waals surface area (Å²) in [5.74, 6) is 1.93. The molecule has 1 aliphatic heterocycles. The minimum atomic E-state index is -0.222. The fourth-order valence-corrected chi connectivity index (χ4v) is 4.34. The van der Waals surface area contributed by atoms with E-state index in [2.05, 4.69) is 0 Å². The van der Waals surface area contributed by atoms with Crippen LogP contribution in [0.1, 0.15) is 19.3 Å². The quantitative estimate of drug-likeness (QED) is 0.424. The van der Waals surface area contributed by atoms with Crippen LogP contribution in [-0.2, 0) is 14.3 Å². The zero-order valence-corrected chi connectivity index (χ0v) is 7.81. The third-order valence-electron chi connectivity index (χ3n) is 4.88. The van der Waals surface area contributed by atoms with Gasteiger partial charge in [0, 0.05) is 0 Å². The lowest BCUT2D eigenvalue weighted by Gasteiger charge is -2.41. The van der Waals surface area contributed by atoms with Gasteiger partial charge in [0.2, 0.25) is 0 Å². The Hall–Kier alpha value is -0.860. The first-order valence-corrected chi connectivity index (χ1v) is 5.53. The zero-order valence-electron chi connectivity index (χ0n) is 7.81. The minimum absolute atomic E-state index is 0.0509.